The molecule has 2 fully saturated rings. The fourth-order valence-corrected chi connectivity index (χ4v) is 5.83. The number of fused-ring (bicyclic) bond motifs is 2. The molecule has 0 saturated carbocycles. The predicted molar refractivity (Wildman–Crippen MR) is 160 cm³/mol. The first-order chi connectivity index (χ1) is 20.3. The van der Waals surface area contributed by atoms with Crippen molar-refractivity contribution < 1.29 is 39.5 Å². The molecule has 9 nitrogen and oxygen atoms in total. The number of rotatable bonds is 17. The Hall–Kier alpha value is -2.24. The summed E-state index contributed by atoms with van der Waals surface area (Å²) < 4.78 is 17.7. The van der Waals surface area contributed by atoms with Gasteiger partial charge in [-0.2, -0.15) is 0 Å². The van der Waals surface area contributed by atoms with E-state index in [4.69, 9.17) is 25.8 Å². The largest absolute Gasteiger partial charge is 0.494 e. The van der Waals surface area contributed by atoms with Gasteiger partial charge in [0.15, 0.2) is 0 Å². The van der Waals surface area contributed by atoms with Gasteiger partial charge in [0, 0.05) is 16.8 Å². The highest BCUT2D eigenvalue weighted by molar-refractivity contribution is 6.31. The van der Waals surface area contributed by atoms with Crippen molar-refractivity contribution in [3.05, 3.63) is 64.2 Å². The molecule has 2 aliphatic heterocycles. The summed E-state index contributed by atoms with van der Waals surface area (Å²) in [6, 6.07) is 13.0. The van der Waals surface area contributed by atoms with Crippen molar-refractivity contribution in [3.63, 3.8) is 0 Å². The van der Waals surface area contributed by atoms with Crippen LogP contribution in [0.25, 0.3) is 0 Å². The van der Waals surface area contributed by atoms with Crippen LogP contribution >= 0.6 is 11.6 Å². The molecule has 4 rings (SSSR count). The van der Waals surface area contributed by atoms with E-state index in [1.165, 1.54) is 32.1 Å². The standard InChI is InChI=1S/C32H44ClNO8/c1-39-34-17-9-7-5-3-2-4-6-8-10-18-40-26-14-11-23(12-15-26)19-24-20-25(13-16-27(24)33)32-30(38)28(36)29(37)31(21-35,42-32)22-41-32/h11-17,20,28-30,35-38H,2-10,18-19,21-22H2,1H3/b34-17+/t28-,29+,30+,31-,32+/m0/s1. The van der Waals surface area contributed by atoms with Crippen LogP contribution in [0.5, 0.6) is 5.75 Å². The van der Waals surface area contributed by atoms with E-state index in [9.17, 15) is 20.4 Å². The smallest absolute Gasteiger partial charge is 0.225 e. The third-order valence-electron chi connectivity index (χ3n) is 8.17. The predicted octanol–water partition coefficient (Wildman–Crippen LogP) is 4.48. The maximum absolute atomic E-state index is 10.8. The maximum Gasteiger partial charge on any atom is 0.225 e. The molecule has 2 saturated heterocycles. The van der Waals surface area contributed by atoms with E-state index in [1.807, 2.05) is 30.5 Å². The van der Waals surface area contributed by atoms with E-state index < -0.39 is 36.3 Å². The number of hydrogen-bond acceptors (Lipinski definition) is 9. The third-order valence-corrected chi connectivity index (χ3v) is 8.54. The Labute approximate surface area is 253 Å². The minimum absolute atomic E-state index is 0.176. The highest BCUT2D eigenvalue weighted by Crippen LogP contribution is 2.49. The van der Waals surface area contributed by atoms with Crippen LogP contribution in [0.2, 0.25) is 5.02 Å². The van der Waals surface area contributed by atoms with Crippen molar-refractivity contribution in [2.24, 2.45) is 5.16 Å². The molecule has 2 aliphatic rings. The molecular formula is C32H44ClNO8. The van der Waals surface area contributed by atoms with Crippen molar-refractivity contribution in [1.29, 1.82) is 0 Å². The highest BCUT2D eigenvalue weighted by atomic mass is 35.5. The van der Waals surface area contributed by atoms with E-state index >= 15 is 0 Å². The molecule has 0 unspecified atom stereocenters. The van der Waals surface area contributed by atoms with Gasteiger partial charge in [-0.3, -0.25) is 0 Å². The first-order valence-corrected chi connectivity index (χ1v) is 15.3. The molecule has 2 heterocycles. The zero-order valence-electron chi connectivity index (χ0n) is 24.3. The Kier molecular flexibility index (Phi) is 12.0. The van der Waals surface area contributed by atoms with E-state index in [1.54, 1.807) is 25.3 Å². The SMILES string of the molecule is CO/N=C/CCCCCCCCCCOc1ccc(Cc2cc([C@@]34OC[C@](CO)(O3)[C@H](O)[C@H](O)[C@H]4O)ccc2Cl)cc1. The molecule has 232 valence electrons. The average molecular weight is 606 g/mol. The highest BCUT2D eigenvalue weighted by Gasteiger charge is 2.67. The summed E-state index contributed by atoms with van der Waals surface area (Å²) >= 11 is 6.52. The molecule has 0 radical (unpaired) electrons. The van der Waals surface area contributed by atoms with Gasteiger partial charge in [-0.15, -0.1) is 0 Å². The number of hydrogen-bond donors (Lipinski definition) is 4. The first kappa shape index (κ1) is 32.7. The molecule has 42 heavy (non-hydrogen) atoms. The molecule has 2 aromatic rings. The number of oxime groups is 1. The number of unbranched alkanes of at least 4 members (excludes halogenated alkanes) is 8. The minimum Gasteiger partial charge on any atom is -0.494 e. The molecule has 10 heteroatoms. The van der Waals surface area contributed by atoms with Gasteiger partial charge in [0.05, 0.1) is 19.8 Å². The summed E-state index contributed by atoms with van der Waals surface area (Å²) in [4.78, 5) is 4.66. The van der Waals surface area contributed by atoms with Crippen LogP contribution in [0, 0.1) is 0 Å². The topological polar surface area (TPSA) is 130 Å². The van der Waals surface area contributed by atoms with Crippen LogP contribution in [0.3, 0.4) is 0 Å². The van der Waals surface area contributed by atoms with Crippen LogP contribution in [0.1, 0.15) is 74.5 Å². The Balaban J connectivity index is 1.22. The summed E-state index contributed by atoms with van der Waals surface area (Å²) in [5, 5.41) is 45.9. The van der Waals surface area contributed by atoms with Crippen molar-refractivity contribution in [2.75, 3.05) is 26.9 Å². The quantitative estimate of drug-likeness (QED) is 0.118. The Morgan fingerprint density at radius 2 is 1.64 bits per heavy atom. The molecule has 2 bridgehead atoms. The Bertz CT molecular complexity index is 1150. The van der Waals surface area contributed by atoms with Crippen LogP contribution in [-0.2, 0) is 26.5 Å². The second-order valence-electron chi connectivity index (χ2n) is 11.2. The van der Waals surface area contributed by atoms with Crippen molar-refractivity contribution >= 4 is 17.8 Å². The number of benzene rings is 2. The van der Waals surface area contributed by atoms with Crippen LogP contribution < -0.4 is 4.74 Å². The summed E-state index contributed by atoms with van der Waals surface area (Å²) in [5.41, 5.74) is 0.721. The first-order valence-electron chi connectivity index (χ1n) is 14.9. The molecule has 0 amide bonds. The molecule has 0 aromatic heterocycles. The molecule has 0 aliphatic carbocycles. The van der Waals surface area contributed by atoms with E-state index in [0.717, 1.165) is 42.6 Å². The molecule has 5 atom stereocenters. The minimum atomic E-state index is -1.72. The number of halogens is 1. The van der Waals surface area contributed by atoms with Gasteiger partial charge >= 0.3 is 0 Å². The summed E-state index contributed by atoms with van der Waals surface area (Å²) in [5.74, 6) is -0.904. The lowest BCUT2D eigenvalue weighted by Gasteiger charge is -2.46. The van der Waals surface area contributed by atoms with Crippen LogP contribution in [0.15, 0.2) is 47.6 Å². The fourth-order valence-electron chi connectivity index (χ4n) is 5.64. The second-order valence-corrected chi connectivity index (χ2v) is 11.6. The zero-order valence-corrected chi connectivity index (χ0v) is 25.0. The lowest BCUT2D eigenvalue weighted by Crippen LogP contribution is -2.65. The number of ether oxygens (including phenoxy) is 3. The average Bonchev–Trinajstić information content (AvgIpc) is 3.39. The van der Waals surface area contributed by atoms with E-state index in [0.29, 0.717) is 23.6 Å². The van der Waals surface area contributed by atoms with Crippen molar-refractivity contribution in [1.82, 2.24) is 0 Å². The summed E-state index contributed by atoms with van der Waals surface area (Å²) in [6.07, 6.45) is 8.32. The second kappa shape index (κ2) is 15.5. The van der Waals surface area contributed by atoms with Gasteiger partial charge in [0.2, 0.25) is 5.79 Å². The monoisotopic (exact) mass is 605 g/mol. The Morgan fingerprint density at radius 3 is 2.33 bits per heavy atom. The molecule has 4 N–H and O–H groups in total. The lowest BCUT2D eigenvalue weighted by molar-refractivity contribution is -0.329. The van der Waals surface area contributed by atoms with Crippen LogP contribution in [-0.4, -0.2) is 77.5 Å². The number of aliphatic hydroxyl groups excluding tert-OH is 4. The number of nitrogens with zero attached hydrogens (tertiary/aromatic N) is 1. The lowest BCUT2D eigenvalue weighted by atomic mass is 9.83. The van der Waals surface area contributed by atoms with Crippen molar-refractivity contribution in [2.45, 2.75) is 93.9 Å². The molecule has 2 aromatic carbocycles. The van der Waals surface area contributed by atoms with Crippen LogP contribution in [0.4, 0.5) is 0 Å². The maximum atomic E-state index is 10.8. The van der Waals surface area contributed by atoms with E-state index in [-0.39, 0.29) is 6.61 Å². The van der Waals surface area contributed by atoms with Gasteiger partial charge in [-0.25, -0.2) is 0 Å². The Morgan fingerprint density at radius 1 is 0.952 bits per heavy atom. The van der Waals surface area contributed by atoms with Gasteiger partial charge in [-0.05, 0) is 61.1 Å². The van der Waals surface area contributed by atoms with Crippen molar-refractivity contribution in [3.8, 4) is 5.75 Å². The zero-order chi connectivity index (χ0) is 30.0. The normalized spacial score (nSPS) is 27.0. The van der Waals surface area contributed by atoms with E-state index in [2.05, 4.69) is 9.99 Å². The fraction of sp³-hybridized carbons (Fsp3) is 0.594. The van der Waals surface area contributed by atoms with Gasteiger partial charge in [0.25, 0.3) is 0 Å². The van der Waals surface area contributed by atoms with Gasteiger partial charge in [0.1, 0.15) is 36.8 Å². The summed E-state index contributed by atoms with van der Waals surface area (Å²) in [7, 11) is 1.57. The number of aliphatic hydroxyl groups is 4. The van der Waals surface area contributed by atoms with Gasteiger partial charge < -0.3 is 39.5 Å². The third kappa shape index (κ3) is 7.63. The molecule has 0 spiro atoms. The summed E-state index contributed by atoms with van der Waals surface area (Å²) in [6.45, 7) is -0.0569. The van der Waals surface area contributed by atoms with Gasteiger partial charge in [-0.1, -0.05) is 73.5 Å². The molecular weight excluding hydrogens is 562 g/mol.